The lowest BCUT2D eigenvalue weighted by molar-refractivity contribution is 0.0775. The highest BCUT2D eigenvalue weighted by Gasteiger charge is 2.25. The van der Waals surface area contributed by atoms with Gasteiger partial charge in [-0.3, -0.25) is 0 Å². The summed E-state index contributed by atoms with van der Waals surface area (Å²) in [4.78, 5) is 0. The van der Waals surface area contributed by atoms with Crippen LogP contribution in [0.5, 0.6) is 0 Å². The molecule has 118 valence electrons. The van der Waals surface area contributed by atoms with Crippen LogP contribution >= 0.6 is 15.9 Å². The Labute approximate surface area is 142 Å². The Balaban J connectivity index is 2.32. The van der Waals surface area contributed by atoms with Crippen molar-refractivity contribution in [1.29, 1.82) is 0 Å². The van der Waals surface area contributed by atoms with Crippen molar-refractivity contribution in [3.63, 3.8) is 0 Å². The number of benzene rings is 1. The molecule has 0 bridgehead atoms. The molecule has 0 aliphatic heterocycles. The van der Waals surface area contributed by atoms with Crippen LogP contribution < -0.4 is 0 Å². The summed E-state index contributed by atoms with van der Waals surface area (Å²) in [6, 6.07) is 8.20. The fourth-order valence-corrected chi connectivity index (χ4v) is 3.94. The van der Waals surface area contributed by atoms with Crippen LogP contribution in [0, 0.1) is 11.5 Å². The van der Waals surface area contributed by atoms with Gasteiger partial charge in [-0.25, -0.2) is 0 Å². The number of rotatable bonds is 2. The molecule has 0 saturated heterocycles. The molecule has 4 heteroatoms. The second-order valence-corrected chi connectivity index (χ2v) is 12.3. The van der Waals surface area contributed by atoms with Gasteiger partial charge in [-0.05, 0) is 36.0 Å². The van der Waals surface area contributed by atoms with E-state index in [1.54, 1.807) is 0 Å². The first-order chi connectivity index (χ1) is 10.3. The number of aliphatic hydroxyl groups is 2. The van der Waals surface area contributed by atoms with Gasteiger partial charge in [0.2, 0.25) is 0 Å². The molecular weight excluding hydrogens is 356 g/mol. The minimum absolute atomic E-state index is 0.766. The van der Waals surface area contributed by atoms with Gasteiger partial charge in [0.25, 0.3) is 0 Å². The van der Waals surface area contributed by atoms with Crippen LogP contribution in [0.1, 0.15) is 24.0 Å². The molecule has 0 fully saturated rings. The topological polar surface area (TPSA) is 40.5 Å². The molecule has 0 unspecified atom stereocenters. The Hall–Kier alpha value is -0.863. The molecule has 22 heavy (non-hydrogen) atoms. The standard InChI is InChI=1S/C18H23BrO2Si/c1-22(2,3)12-11-16(20)18(21)15-10-6-8-13-7-4-5-9-14(13)17(15)19/h4-5,7,9,16,18,20-21H,6,8,10H2,1-3H3/t16-,18+/m1/s1. The Morgan fingerprint density at radius 2 is 1.82 bits per heavy atom. The van der Waals surface area contributed by atoms with Gasteiger partial charge in [0.1, 0.15) is 20.3 Å². The molecule has 1 aliphatic rings. The minimum Gasteiger partial charge on any atom is -0.385 e. The first-order valence-electron chi connectivity index (χ1n) is 7.65. The smallest absolute Gasteiger partial charge is 0.143 e. The molecule has 1 aromatic rings. The summed E-state index contributed by atoms with van der Waals surface area (Å²) >= 11 is 3.63. The lowest BCUT2D eigenvalue weighted by Gasteiger charge is -2.19. The second kappa shape index (κ2) is 7.14. The van der Waals surface area contributed by atoms with E-state index in [-0.39, 0.29) is 0 Å². The molecule has 0 radical (unpaired) electrons. The van der Waals surface area contributed by atoms with Crippen LogP contribution in [0.15, 0.2) is 29.8 Å². The minimum atomic E-state index is -1.56. The summed E-state index contributed by atoms with van der Waals surface area (Å²) in [5, 5.41) is 20.8. The van der Waals surface area contributed by atoms with Gasteiger partial charge in [0.05, 0.1) is 0 Å². The molecule has 2 nitrogen and oxygen atoms in total. The second-order valence-electron chi connectivity index (χ2n) is 6.76. The third-order valence-corrected chi connectivity index (χ3v) is 5.51. The molecule has 0 spiro atoms. The van der Waals surface area contributed by atoms with Crippen molar-refractivity contribution in [1.82, 2.24) is 0 Å². The zero-order valence-corrected chi connectivity index (χ0v) is 15.9. The van der Waals surface area contributed by atoms with Crippen molar-refractivity contribution < 1.29 is 10.2 Å². The molecule has 1 aliphatic carbocycles. The molecule has 1 aromatic carbocycles. The Bertz CT molecular complexity index is 634. The number of hydrogen-bond donors (Lipinski definition) is 2. The lowest BCUT2D eigenvalue weighted by atomic mass is 9.99. The van der Waals surface area contributed by atoms with Gasteiger partial charge in [0, 0.05) is 4.48 Å². The first kappa shape index (κ1) is 17.5. The van der Waals surface area contributed by atoms with Gasteiger partial charge in [-0.2, -0.15) is 0 Å². The molecule has 2 N–H and O–H groups in total. The lowest BCUT2D eigenvalue weighted by Crippen LogP contribution is -2.28. The van der Waals surface area contributed by atoms with Crippen molar-refractivity contribution in [2.24, 2.45) is 0 Å². The SMILES string of the molecule is C[Si](C)(C)C#C[C@@H](O)[C@@H](O)C1=C(Br)c2ccccc2CCC1. The van der Waals surface area contributed by atoms with E-state index in [1.165, 1.54) is 5.56 Å². The van der Waals surface area contributed by atoms with Crippen LogP contribution in [-0.4, -0.2) is 30.5 Å². The number of aryl methyl sites for hydroxylation is 1. The van der Waals surface area contributed by atoms with E-state index >= 15 is 0 Å². The van der Waals surface area contributed by atoms with E-state index in [0.717, 1.165) is 34.9 Å². The maximum atomic E-state index is 10.5. The number of hydrogen-bond acceptors (Lipinski definition) is 2. The van der Waals surface area contributed by atoms with Gasteiger partial charge in [0.15, 0.2) is 0 Å². The van der Waals surface area contributed by atoms with E-state index in [2.05, 4.69) is 59.2 Å². The van der Waals surface area contributed by atoms with Crippen LogP contribution in [0.2, 0.25) is 19.6 Å². The Morgan fingerprint density at radius 3 is 2.50 bits per heavy atom. The summed E-state index contributed by atoms with van der Waals surface area (Å²) in [6.07, 6.45) is 0.747. The van der Waals surface area contributed by atoms with Crippen molar-refractivity contribution in [2.75, 3.05) is 0 Å². The quantitative estimate of drug-likeness (QED) is 0.607. The molecular formula is C18H23BrO2Si. The summed E-state index contributed by atoms with van der Waals surface area (Å²) in [7, 11) is -1.56. The number of aliphatic hydroxyl groups excluding tert-OH is 2. The predicted octanol–water partition coefficient (Wildman–Crippen LogP) is 3.73. The average molecular weight is 379 g/mol. The highest BCUT2D eigenvalue weighted by Crippen LogP contribution is 2.36. The van der Waals surface area contributed by atoms with E-state index in [4.69, 9.17) is 0 Å². The van der Waals surface area contributed by atoms with Crippen molar-refractivity contribution in [3.05, 3.63) is 41.0 Å². The number of halogens is 1. The summed E-state index contributed by atoms with van der Waals surface area (Å²) in [5.41, 5.74) is 6.37. The highest BCUT2D eigenvalue weighted by molar-refractivity contribution is 9.15. The van der Waals surface area contributed by atoms with Crippen molar-refractivity contribution in [3.8, 4) is 11.5 Å². The zero-order valence-electron chi connectivity index (χ0n) is 13.4. The normalized spacial score (nSPS) is 17.9. The Kier molecular flexibility index (Phi) is 5.68. The third-order valence-electron chi connectivity index (χ3n) is 3.68. The first-order valence-corrected chi connectivity index (χ1v) is 11.9. The summed E-state index contributed by atoms with van der Waals surface area (Å²) in [6.45, 7) is 6.36. The zero-order chi connectivity index (χ0) is 16.3. The van der Waals surface area contributed by atoms with E-state index in [9.17, 15) is 10.2 Å². The van der Waals surface area contributed by atoms with Crippen LogP contribution in [0.25, 0.3) is 4.48 Å². The molecule has 2 rings (SSSR count). The molecule has 0 amide bonds. The molecule has 0 aromatic heterocycles. The van der Waals surface area contributed by atoms with E-state index in [0.29, 0.717) is 0 Å². The van der Waals surface area contributed by atoms with Crippen molar-refractivity contribution >= 4 is 28.5 Å². The Morgan fingerprint density at radius 1 is 1.14 bits per heavy atom. The van der Waals surface area contributed by atoms with Gasteiger partial charge in [-0.15, -0.1) is 5.54 Å². The van der Waals surface area contributed by atoms with Crippen LogP contribution in [-0.2, 0) is 6.42 Å². The maximum Gasteiger partial charge on any atom is 0.143 e. The molecule has 2 atom stereocenters. The fourth-order valence-electron chi connectivity index (χ4n) is 2.54. The highest BCUT2D eigenvalue weighted by atomic mass is 79.9. The molecule has 0 saturated carbocycles. The van der Waals surface area contributed by atoms with Gasteiger partial charge < -0.3 is 10.2 Å². The summed E-state index contributed by atoms with van der Waals surface area (Å²) < 4.78 is 0.905. The monoisotopic (exact) mass is 378 g/mol. The number of fused-ring (bicyclic) bond motifs is 1. The van der Waals surface area contributed by atoms with Crippen LogP contribution in [0.4, 0.5) is 0 Å². The third kappa shape index (κ3) is 4.33. The van der Waals surface area contributed by atoms with Gasteiger partial charge in [-0.1, -0.05) is 65.8 Å². The predicted molar refractivity (Wildman–Crippen MR) is 98.4 cm³/mol. The van der Waals surface area contributed by atoms with E-state index in [1.807, 2.05) is 12.1 Å². The average Bonchev–Trinajstić information content (AvgIpc) is 2.63. The van der Waals surface area contributed by atoms with Gasteiger partial charge >= 0.3 is 0 Å². The fraction of sp³-hybridized carbons (Fsp3) is 0.444. The van der Waals surface area contributed by atoms with Crippen molar-refractivity contribution in [2.45, 2.75) is 51.1 Å². The maximum absolute atomic E-state index is 10.5. The van der Waals surface area contributed by atoms with E-state index < -0.39 is 20.3 Å². The largest absolute Gasteiger partial charge is 0.385 e. The summed E-state index contributed by atoms with van der Waals surface area (Å²) in [5.74, 6) is 2.85. The van der Waals surface area contributed by atoms with Crippen LogP contribution in [0.3, 0.4) is 0 Å². The molecule has 0 heterocycles.